The minimum Gasteiger partial charge on any atom is -0.384 e. The Bertz CT molecular complexity index is 521. The summed E-state index contributed by atoms with van der Waals surface area (Å²) in [7, 11) is -2.94. The molecule has 1 aromatic rings. The lowest BCUT2D eigenvalue weighted by atomic mass is 10.1. The van der Waals surface area contributed by atoms with Gasteiger partial charge in [0.2, 0.25) is 0 Å². The first-order valence-corrected chi connectivity index (χ1v) is 8.28. The van der Waals surface area contributed by atoms with Crippen LogP contribution >= 0.6 is 0 Å². The normalized spacial score (nSPS) is 14.8. The summed E-state index contributed by atoms with van der Waals surface area (Å²) in [6.45, 7) is 3.94. The number of rotatable bonds is 5. The maximum absolute atomic E-state index is 11.7. The van der Waals surface area contributed by atoms with Gasteiger partial charge in [0.05, 0.1) is 11.0 Å². The molecule has 1 aliphatic rings. The zero-order chi connectivity index (χ0) is 13.2. The van der Waals surface area contributed by atoms with Gasteiger partial charge in [-0.2, -0.15) is 0 Å². The lowest BCUT2D eigenvalue weighted by Gasteiger charge is -2.10. The van der Waals surface area contributed by atoms with E-state index in [1.165, 1.54) is 24.0 Å². The summed E-state index contributed by atoms with van der Waals surface area (Å²) in [6, 6.07) is 6.36. The number of benzene rings is 1. The van der Waals surface area contributed by atoms with Crippen LogP contribution in [0, 0.1) is 0 Å². The highest BCUT2D eigenvalue weighted by molar-refractivity contribution is 7.92. The molecular weight excluding hydrogens is 246 g/mol. The zero-order valence-electron chi connectivity index (χ0n) is 11.1. The second-order valence-electron chi connectivity index (χ2n) is 5.18. The van der Waals surface area contributed by atoms with E-state index < -0.39 is 9.84 Å². The van der Waals surface area contributed by atoms with E-state index in [9.17, 15) is 8.42 Å². The van der Waals surface area contributed by atoms with Gasteiger partial charge in [-0.25, -0.2) is 8.42 Å². The van der Waals surface area contributed by atoms with Crippen molar-refractivity contribution in [3.8, 4) is 0 Å². The summed E-state index contributed by atoms with van der Waals surface area (Å²) in [6.07, 6.45) is 3.56. The first-order chi connectivity index (χ1) is 8.49. The molecule has 0 aliphatic heterocycles. The van der Waals surface area contributed by atoms with Crippen LogP contribution in [0.5, 0.6) is 0 Å². The maximum atomic E-state index is 11.7. The van der Waals surface area contributed by atoms with Crippen molar-refractivity contribution in [2.24, 2.45) is 0 Å². The highest BCUT2D eigenvalue weighted by Gasteiger charge is 2.15. The van der Waals surface area contributed by atoms with Crippen LogP contribution in [0.1, 0.15) is 31.4 Å². The van der Waals surface area contributed by atoms with Crippen molar-refractivity contribution in [2.45, 2.75) is 38.4 Å². The van der Waals surface area contributed by atoms with E-state index >= 15 is 0 Å². The predicted octanol–water partition coefficient (Wildman–Crippen LogP) is 2.41. The molecule has 1 N–H and O–H groups in total. The van der Waals surface area contributed by atoms with E-state index in [0.717, 1.165) is 12.1 Å². The van der Waals surface area contributed by atoms with Crippen LogP contribution in [0.25, 0.3) is 0 Å². The van der Waals surface area contributed by atoms with Crippen LogP contribution in [-0.4, -0.2) is 26.0 Å². The van der Waals surface area contributed by atoms with Gasteiger partial charge in [0.15, 0.2) is 9.84 Å². The molecular formula is C14H21NO2S. The molecule has 0 spiro atoms. The molecule has 1 aromatic carbocycles. The molecule has 1 aliphatic carbocycles. The number of nitrogens with one attached hydrogen (secondary N) is 1. The summed E-state index contributed by atoms with van der Waals surface area (Å²) in [5, 5.41) is 2.91. The molecule has 0 atom stereocenters. The predicted molar refractivity (Wildman–Crippen MR) is 75.9 cm³/mol. The van der Waals surface area contributed by atoms with Crippen LogP contribution < -0.4 is 5.32 Å². The minimum atomic E-state index is -2.94. The van der Waals surface area contributed by atoms with E-state index in [2.05, 4.69) is 17.4 Å². The van der Waals surface area contributed by atoms with Crippen LogP contribution in [0.3, 0.4) is 0 Å². The van der Waals surface area contributed by atoms with Crippen molar-refractivity contribution < 1.29 is 8.42 Å². The van der Waals surface area contributed by atoms with Gasteiger partial charge in [0, 0.05) is 12.2 Å². The smallest absolute Gasteiger partial charge is 0.154 e. The Morgan fingerprint density at radius 1 is 1.22 bits per heavy atom. The molecule has 0 saturated heterocycles. The fourth-order valence-electron chi connectivity index (χ4n) is 2.26. The molecule has 18 heavy (non-hydrogen) atoms. The number of anilines is 1. The minimum absolute atomic E-state index is 0.196. The molecule has 0 saturated carbocycles. The summed E-state index contributed by atoms with van der Waals surface area (Å²) in [5.41, 5.74) is 3.89. The van der Waals surface area contributed by atoms with Gasteiger partial charge >= 0.3 is 0 Å². The van der Waals surface area contributed by atoms with E-state index in [0.29, 0.717) is 6.54 Å². The lowest BCUT2D eigenvalue weighted by molar-refractivity contribution is 0.588. The molecule has 0 heterocycles. The average Bonchev–Trinajstić information content (AvgIpc) is 2.75. The highest BCUT2D eigenvalue weighted by atomic mass is 32.2. The Labute approximate surface area is 110 Å². The molecule has 0 bridgehead atoms. The van der Waals surface area contributed by atoms with E-state index in [4.69, 9.17) is 0 Å². The molecule has 100 valence electrons. The first-order valence-electron chi connectivity index (χ1n) is 6.56. The highest BCUT2D eigenvalue weighted by Crippen LogP contribution is 2.24. The van der Waals surface area contributed by atoms with Crippen LogP contribution in [0.15, 0.2) is 18.2 Å². The van der Waals surface area contributed by atoms with Gasteiger partial charge in [-0.05, 0) is 56.4 Å². The summed E-state index contributed by atoms with van der Waals surface area (Å²) in [4.78, 5) is 0. The Hall–Kier alpha value is -1.03. The fraction of sp³-hybridized carbons (Fsp3) is 0.571. The number of hydrogen-bond donors (Lipinski definition) is 1. The Kier molecular flexibility index (Phi) is 3.95. The molecule has 0 radical (unpaired) electrons. The molecule has 0 amide bonds. The van der Waals surface area contributed by atoms with E-state index in [1.54, 1.807) is 13.8 Å². The summed E-state index contributed by atoms with van der Waals surface area (Å²) >= 11 is 0. The van der Waals surface area contributed by atoms with Crippen molar-refractivity contribution in [1.82, 2.24) is 0 Å². The Morgan fingerprint density at radius 2 is 1.94 bits per heavy atom. The third-order valence-electron chi connectivity index (χ3n) is 3.53. The van der Waals surface area contributed by atoms with Crippen molar-refractivity contribution in [3.05, 3.63) is 29.3 Å². The molecule has 4 heteroatoms. The van der Waals surface area contributed by atoms with Gasteiger partial charge in [-0.15, -0.1) is 0 Å². The molecule has 0 unspecified atom stereocenters. The first kappa shape index (κ1) is 13.4. The standard InChI is InChI=1S/C14H21NO2S/c1-11(2)18(16,17)9-8-15-14-7-6-12-4-3-5-13(12)10-14/h6-7,10-11,15H,3-5,8-9H2,1-2H3. The van der Waals surface area contributed by atoms with Gasteiger partial charge in [-0.1, -0.05) is 6.07 Å². The van der Waals surface area contributed by atoms with E-state index in [-0.39, 0.29) is 11.0 Å². The lowest BCUT2D eigenvalue weighted by Crippen LogP contribution is -2.22. The number of aryl methyl sites for hydroxylation is 2. The van der Waals surface area contributed by atoms with Gasteiger partial charge in [0.1, 0.15) is 0 Å². The third-order valence-corrected chi connectivity index (χ3v) is 5.74. The zero-order valence-corrected chi connectivity index (χ0v) is 11.9. The number of fused-ring (bicyclic) bond motifs is 1. The van der Waals surface area contributed by atoms with Gasteiger partial charge in [-0.3, -0.25) is 0 Å². The third kappa shape index (κ3) is 3.05. The van der Waals surface area contributed by atoms with Crippen LogP contribution in [-0.2, 0) is 22.7 Å². The number of hydrogen-bond acceptors (Lipinski definition) is 3. The van der Waals surface area contributed by atoms with Gasteiger partial charge in [0.25, 0.3) is 0 Å². The number of sulfone groups is 1. The molecule has 0 aromatic heterocycles. The average molecular weight is 267 g/mol. The Balaban J connectivity index is 1.92. The van der Waals surface area contributed by atoms with Crippen molar-refractivity contribution in [2.75, 3.05) is 17.6 Å². The van der Waals surface area contributed by atoms with Crippen molar-refractivity contribution in [3.63, 3.8) is 0 Å². The van der Waals surface area contributed by atoms with E-state index in [1.807, 2.05) is 6.07 Å². The molecule has 3 nitrogen and oxygen atoms in total. The molecule has 0 fully saturated rings. The Morgan fingerprint density at radius 3 is 2.67 bits per heavy atom. The summed E-state index contributed by atoms with van der Waals surface area (Å²) in [5.74, 6) is 0.196. The summed E-state index contributed by atoms with van der Waals surface area (Å²) < 4.78 is 23.3. The fourth-order valence-corrected chi connectivity index (χ4v) is 3.11. The van der Waals surface area contributed by atoms with Gasteiger partial charge < -0.3 is 5.32 Å². The second-order valence-corrected chi connectivity index (χ2v) is 7.86. The van der Waals surface area contributed by atoms with Crippen molar-refractivity contribution >= 4 is 15.5 Å². The largest absolute Gasteiger partial charge is 0.384 e. The monoisotopic (exact) mass is 267 g/mol. The van der Waals surface area contributed by atoms with Crippen LogP contribution in [0.2, 0.25) is 0 Å². The maximum Gasteiger partial charge on any atom is 0.154 e. The topological polar surface area (TPSA) is 46.2 Å². The van der Waals surface area contributed by atoms with Crippen LogP contribution in [0.4, 0.5) is 5.69 Å². The second kappa shape index (κ2) is 5.31. The van der Waals surface area contributed by atoms with Crippen molar-refractivity contribution in [1.29, 1.82) is 0 Å². The quantitative estimate of drug-likeness (QED) is 0.891. The SMILES string of the molecule is CC(C)S(=O)(=O)CCNc1ccc2c(c1)CCC2. The molecule has 2 rings (SSSR count).